The summed E-state index contributed by atoms with van der Waals surface area (Å²) in [6.45, 7) is 5.12. The molecule has 1 amide bonds. The number of likely N-dealkylation sites (N-methyl/N-ethyl adjacent to an activating group) is 1. The van der Waals surface area contributed by atoms with Crippen LogP contribution in [0.1, 0.15) is 42.7 Å². The fraction of sp³-hybridized carbons (Fsp3) is 0.542. The predicted octanol–water partition coefficient (Wildman–Crippen LogP) is 4.29. The Bertz CT molecular complexity index is 1020. The number of alkyl halides is 3. The van der Waals surface area contributed by atoms with E-state index in [0.29, 0.717) is 24.5 Å². The summed E-state index contributed by atoms with van der Waals surface area (Å²) in [5.74, 6) is 0.102. The first-order chi connectivity index (χ1) is 15.6. The van der Waals surface area contributed by atoms with Crippen LogP contribution in [0.2, 0.25) is 0 Å². The third-order valence-electron chi connectivity index (χ3n) is 6.80. The molecule has 2 aromatic rings. The number of rotatable bonds is 4. The lowest BCUT2D eigenvalue weighted by Gasteiger charge is -2.53. The molecular formula is C24H30F3N3O3. The molecule has 1 aromatic heterocycles. The minimum atomic E-state index is -4.55. The lowest BCUT2D eigenvalue weighted by atomic mass is 9.77. The van der Waals surface area contributed by atoms with Gasteiger partial charge < -0.3 is 18.9 Å². The highest BCUT2D eigenvalue weighted by Crippen LogP contribution is 2.46. The SMILES string of the molecule is COc1cc(C(=O)N2CCC3(CC2C(F)(F)F)c2cccn2CCN3C)ccc1OC(C)C. The van der Waals surface area contributed by atoms with Gasteiger partial charge >= 0.3 is 6.18 Å². The van der Waals surface area contributed by atoms with E-state index < -0.39 is 23.7 Å². The van der Waals surface area contributed by atoms with Crippen LogP contribution in [-0.4, -0.2) is 65.8 Å². The van der Waals surface area contributed by atoms with Crippen molar-refractivity contribution in [2.75, 3.05) is 27.2 Å². The molecule has 33 heavy (non-hydrogen) atoms. The van der Waals surface area contributed by atoms with Crippen LogP contribution in [0.15, 0.2) is 36.5 Å². The van der Waals surface area contributed by atoms with Crippen LogP contribution < -0.4 is 9.47 Å². The second-order valence-corrected chi connectivity index (χ2v) is 9.08. The number of likely N-dealkylation sites (tertiary alicyclic amines) is 1. The van der Waals surface area contributed by atoms with Gasteiger partial charge in [0, 0.05) is 43.5 Å². The lowest BCUT2D eigenvalue weighted by Crippen LogP contribution is -2.63. The van der Waals surface area contributed by atoms with Crippen molar-refractivity contribution < 1.29 is 27.4 Å². The molecule has 0 radical (unpaired) electrons. The predicted molar refractivity (Wildman–Crippen MR) is 118 cm³/mol. The van der Waals surface area contributed by atoms with Crippen LogP contribution in [0.3, 0.4) is 0 Å². The van der Waals surface area contributed by atoms with Gasteiger partial charge in [-0.25, -0.2) is 0 Å². The molecule has 0 N–H and O–H groups in total. The van der Waals surface area contributed by atoms with E-state index in [1.54, 1.807) is 6.07 Å². The summed E-state index contributed by atoms with van der Waals surface area (Å²) in [7, 11) is 3.31. The fourth-order valence-electron chi connectivity index (χ4n) is 5.12. The van der Waals surface area contributed by atoms with Crippen LogP contribution in [0.5, 0.6) is 11.5 Å². The Balaban J connectivity index is 1.66. The number of benzene rings is 1. The Labute approximate surface area is 191 Å². The highest BCUT2D eigenvalue weighted by atomic mass is 19.4. The zero-order valence-corrected chi connectivity index (χ0v) is 19.4. The number of aromatic nitrogens is 1. The number of hydrogen-bond donors (Lipinski definition) is 0. The van der Waals surface area contributed by atoms with Crippen LogP contribution >= 0.6 is 0 Å². The maximum Gasteiger partial charge on any atom is 0.408 e. The molecule has 6 nitrogen and oxygen atoms in total. The topological polar surface area (TPSA) is 46.9 Å². The number of ether oxygens (including phenoxy) is 2. The van der Waals surface area contributed by atoms with Crippen LogP contribution in [0, 0.1) is 0 Å². The Morgan fingerprint density at radius 1 is 1.15 bits per heavy atom. The van der Waals surface area contributed by atoms with Gasteiger partial charge in [0.2, 0.25) is 0 Å². The molecule has 2 aliphatic heterocycles. The van der Waals surface area contributed by atoms with E-state index in [2.05, 4.69) is 0 Å². The number of hydrogen-bond acceptors (Lipinski definition) is 4. The van der Waals surface area contributed by atoms with Gasteiger partial charge in [-0.1, -0.05) is 0 Å². The minimum absolute atomic E-state index is 0.00505. The molecule has 1 saturated heterocycles. The summed E-state index contributed by atoms with van der Waals surface area (Å²) in [6, 6.07) is 6.42. The smallest absolute Gasteiger partial charge is 0.408 e. The van der Waals surface area contributed by atoms with Crippen molar-refractivity contribution in [2.24, 2.45) is 0 Å². The summed E-state index contributed by atoms with van der Waals surface area (Å²) >= 11 is 0. The standard InChI is InChI=1S/C24H30F3N3O3/c1-16(2)33-18-8-7-17(14-19(18)32-4)22(31)30-11-9-23(15-21(30)24(25,26)27)20-6-5-10-29(20)13-12-28(23)3/h5-8,10,14,16,21H,9,11-13,15H2,1-4H3. The number of amides is 1. The molecule has 180 valence electrons. The van der Waals surface area contributed by atoms with Gasteiger partial charge in [0.15, 0.2) is 11.5 Å². The molecule has 2 atom stereocenters. The summed E-state index contributed by atoms with van der Waals surface area (Å²) in [5, 5.41) is 0. The quantitative estimate of drug-likeness (QED) is 0.676. The van der Waals surface area contributed by atoms with Crippen molar-refractivity contribution in [1.82, 2.24) is 14.4 Å². The number of carbonyl (C=O) groups is 1. The average Bonchev–Trinajstić information content (AvgIpc) is 3.25. The van der Waals surface area contributed by atoms with Crippen LogP contribution in [-0.2, 0) is 12.1 Å². The average molecular weight is 466 g/mol. The van der Waals surface area contributed by atoms with Crippen LogP contribution in [0.4, 0.5) is 13.2 Å². The second kappa shape index (κ2) is 8.59. The van der Waals surface area contributed by atoms with E-state index in [4.69, 9.17) is 9.47 Å². The van der Waals surface area contributed by atoms with Crippen molar-refractivity contribution >= 4 is 5.91 Å². The van der Waals surface area contributed by atoms with E-state index in [0.717, 1.165) is 17.1 Å². The Morgan fingerprint density at radius 2 is 1.91 bits per heavy atom. The molecule has 3 heterocycles. The Morgan fingerprint density at radius 3 is 2.58 bits per heavy atom. The fourth-order valence-corrected chi connectivity index (χ4v) is 5.12. The van der Waals surface area contributed by atoms with Gasteiger partial charge in [0.1, 0.15) is 6.04 Å². The highest BCUT2D eigenvalue weighted by molar-refractivity contribution is 5.95. The molecule has 9 heteroatoms. The monoisotopic (exact) mass is 465 g/mol. The number of piperidine rings is 1. The van der Waals surface area contributed by atoms with E-state index in [1.165, 1.54) is 19.2 Å². The van der Waals surface area contributed by atoms with Gasteiger partial charge in [-0.2, -0.15) is 13.2 Å². The van der Waals surface area contributed by atoms with Crippen molar-refractivity contribution in [2.45, 2.75) is 57.1 Å². The Hall–Kier alpha value is -2.68. The molecule has 1 fully saturated rings. The molecule has 0 aliphatic carbocycles. The molecule has 1 aromatic carbocycles. The van der Waals surface area contributed by atoms with E-state index in [1.807, 2.05) is 48.7 Å². The number of fused-ring (bicyclic) bond motifs is 2. The van der Waals surface area contributed by atoms with Crippen LogP contribution in [0.25, 0.3) is 0 Å². The first-order valence-electron chi connectivity index (χ1n) is 11.2. The summed E-state index contributed by atoms with van der Waals surface area (Å²) in [4.78, 5) is 16.3. The molecule has 2 aliphatic rings. The van der Waals surface area contributed by atoms with Crippen molar-refractivity contribution in [3.63, 3.8) is 0 Å². The lowest BCUT2D eigenvalue weighted by molar-refractivity contribution is -0.198. The zero-order chi connectivity index (χ0) is 24.0. The normalized spacial score (nSPS) is 23.6. The summed E-state index contributed by atoms with van der Waals surface area (Å²) in [6.07, 6.45) is -2.52. The maximum absolute atomic E-state index is 14.3. The van der Waals surface area contributed by atoms with E-state index >= 15 is 0 Å². The minimum Gasteiger partial charge on any atom is -0.493 e. The second-order valence-electron chi connectivity index (χ2n) is 9.08. The number of carbonyl (C=O) groups excluding carboxylic acids is 1. The molecule has 2 unspecified atom stereocenters. The number of halogens is 3. The molecule has 0 bridgehead atoms. The van der Waals surface area contributed by atoms with Gasteiger partial charge in [0.25, 0.3) is 5.91 Å². The third kappa shape index (κ3) is 4.18. The summed E-state index contributed by atoms with van der Waals surface area (Å²) < 4.78 is 56.0. The Kier molecular flexibility index (Phi) is 6.11. The van der Waals surface area contributed by atoms with Crippen molar-refractivity contribution in [3.05, 3.63) is 47.8 Å². The largest absolute Gasteiger partial charge is 0.493 e. The van der Waals surface area contributed by atoms with E-state index in [-0.39, 0.29) is 24.6 Å². The zero-order valence-electron chi connectivity index (χ0n) is 19.4. The first kappa shape index (κ1) is 23.5. The van der Waals surface area contributed by atoms with Gasteiger partial charge in [0.05, 0.1) is 18.8 Å². The van der Waals surface area contributed by atoms with Gasteiger partial charge in [-0.15, -0.1) is 0 Å². The van der Waals surface area contributed by atoms with Gasteiger partial charge in [-0.3, -0.25) is 9.69 Å². The summed E-state index contributed by atoms with van der Waals surface area (Å²) in [5.41, 5.74) is 0.272. The number of methoxy groups -OCH3 is 1. The molecule has 1 spiro atoms. The molecule has 0 saturated carbocycles. The van der Waals surface area contributed by atoms with E-state index in [9.17, 15) is 18.0 Å². The first-order valence-corrected chi connectivity index (χ1v) is 11.2. The third-order valence-corrected chi connectivity index (χ3v) is 6.80. The number of nitrogens with zero attached hydrogens (tertiary/aromatic N) is 3. The van der Waals surface area contributed by atoms with Gasteiger partial charge in [-0.05, 0) is 57.6 Å². The highest BCUT2D eigenvalue weighted by Gasteiger charge is 2.56. The molecular weight excluding hydrogens is 435 g/mol. The molecule has 4 rings (SSSR count). The van der Waals surface area contributed by atoms with Crippen molar-refractivity contribution in [1.29, 1.82) is 0 Å². The van der Waals surface area contributed by atoms with Crippen molar-refractivity contribution in [3.8, 4) is 11.5 Å². The maximum atomic E-state index is 14.3.